The number of thiophene rings is 1. The number of nitriles is 2. The highest BCUT2D eigenvalue weighted by atomic mass is 35.5. The molecule has 1 saturated heterocycles. The van der Waals surface area contributed by atoms with Gasteiger partial charge in [-0.1, -0.05) is 11.6 Å². The van der Waals surface area contributed by atoms with Crippen molar-refractivity contribution in [3.05, 3.63) is 32.3 Å². The van der Waals surface area contributed by atoms with E-state index in [0.717, 1.165) is 18.4 Å². The highest BCUT2D eigenvalue weighted by Crippen LogP contribution is 2.52. The number of methoxy groups -OCH3 is 1. The van der Waals surface area contributed by atoms with Crippen molar-refractivity contribution < 1.29 is 9.53 Å². The van der Waals surface area contributed by atoms with Crippen LogP contribution in [0.3, 0.4) is 0 Å². The van der Waals surface area contributed by atoms with E-state index in [1.807, 2.05) is 9.80 Å². The molecule has 1 fully saturated rings. The predicted molar refractivity (Wildman–Crippen MR) is 141 cm³/mol. The minimum atomic E-state index is -0.188. The molecule has 0 atom stereocenters. The monoisotopic (exact) mass is 537 g/mol. The SMILES string of the molecule is COc1nc(N2CCCN=C(/C(Cl)=C(\N)C=O)C2)c(C#N)c(N2CC3(CCc4sc(N)c(C#N)c43)C2)n1. The van der Waals surface area contributed by atoms with Gasteiger partial charge in [-0.25, -0.2) is 0 Å². The molecule has 0 bridgehead atoms. The Morgan fingerprint density at radius 3 is 2.57 bits per heavy atom. The number of anilines is 3. The number of nitrogen functional groups attached to an aromatic ring is 1. The Hall–Kier alpha value is -3.87. The van der Waals surface area contributed by atoms with Crippen molar-refractivity contribution in [2.75, 3.05) is 55.4 Å². The van der Waals surface area contributed by atoms with E-state index in [4.69, 9.17) is 27.8 Å². The van der Waals surface area contributed by atoms with Crippen LogP contribution in [0.4, 0.5) is 16.6 Å². The first kappa shape index (κ1) is 24.8. The second-order valence-electron chi connectivity index (χ2n) is 9.22. The van der Waals surface area contributed by atoms with Crippen molar-refractivity contribution in [1.29, 1.82) is 10.5 Å². The lowest BCUT2D eigenvalue weighted by atomic mass is 9.74. The lowest BCUT2D eigenvalue weighted by Crippen LogP contribution is -2.59. The van der Waals surface area contributed by atoms with Gasteiger partial charge in [0.2, 0.25) is 0 Å². The van der Waals surface area contributed by atoms with E-state index < -0.39 is 0 Å². The maximum absolute atomic E-state index is 11.1. The summed E-state index contributed by atoms with van der Waals surface area (Å²) >= 11 is 7.82. The molecule has 0 unspecified atom stereocenters. The number of nitrogens with two attached hydrogens (primary N) is 2. The number of ether oxygens (including phenoxy) is 1. The van der Waals surface area contributed by atoms with E-state index in [1.54, 1.807) is 0 Å². The van der Waals surface area contributed by atoms with Gasteiger partial charge in [0.15, 0.2) is 17.9 Å². The number of rotatable bonds is 5. The first-order valence-corrected chi connectivity index (χ1v) is 12.9. The summed E-state index contributed by atoms with van der Waals surface area (Å²) < 4.78 is 5.40. The predicted octanol–water partition coefficient (Wildman–Crippen LogP) is 1.84. The lowest BCUT2D eigenvalue weighted by Gasteiger charge is -2.49. The molecule has 0 saturated carbocycles. The Morgan fingerprint density at radius 1 is 1.22 bits per heavy atom. The molecule has 13 heteroatoms. The van der Waals surface area contributed by atoms with Crippen LogP contribution in [0.25, 0.3) is 0 Å². The highest BCUT2D eigenvalue weighted by molar-refractivity contribution is 7.16. The standard InChI is InChI=1S/C24H24ClN9O2S/c1-36-23-31-21(33-6-2-5-30-16(9-33)19(25)15(28)10-35)14(8-27)22(32-23)34-11-24(12-34)4-3-17-18(24)13(7-26)20(29)37-17/h10H,2-6,9,11-12,28-29H2,1H3/b19-15+. The first-order valence-electron chi connectivity index (χ1n) is 11.7. The van der Waals surface area contributed by atoms with Gasteiger partial charge in [-0.2, -0.15) is 20.5 Å². The summed E-state index contributed by atoms with van der Waals surface area (Å²) in [5, 5.41) is 20.6. The van der Waals surface area contributed by atoms with Crippen molar-refractivity contribution in [1.82, 2.24) is 9.97 Å². The van der Waals surface area contributed by atoms with Gasteiger partial charge >= 0.3 is 6.01 Å². The number of nitrogens with zero attached hydrogens (tertiary/aromatic N) is 7. The van der Waals surface area contributed by atoms with E-state index in [2.05, 4.69) is 27.1 Å². The summed E-state index contributed by atoms with van der Waals surface area (Å²) in [5.74, 6) is 0.876. The number of aromatic nitrogens is 2. The summed E-state index contributed by atoms with van der Waals surface area (Å²) in [6, 6.07) is 4.70. The number of carbonyl (C=O) groups is 1. The topological polar surface area (TPSA) is 171 Å². The quantitative estimate of drug-likeness (QED) is 0.423. The third-order valence-corrected chi connectivity index (χ3v) is 8.59. The second-order valence-corrected chi connectivity index (χ2v) is 10.7. The van der Waals surface area contributed by atoms with E-state index in [0.29, 0.717) is 72.4 Å². The summed E-state index contributed by atoms with van der Waals surface area (Å²) in [6.07, 6.45) is 2.98. The molecule has 2 aromatic heterocycles. The molecular formula is C24H24ClN9O2S. The van der Waals surface area contributed by atoms with Gasteiger partial charge in [-0.3, -0.25) is 9.79 Å². The van der Waals surface area contributed by atoms with Gasteiger partial charge in [-0.05, 0) is 24.8 Å². The van der Waals surface area contributed by atoms with Crippen LogP contribution < -0.4 is 26.0 Å². The Morgan fingerprint density at radius 2 is 1.92 bits per heavy atom. The van der Waals surface area contributed by atoms with E-state index in [-0.39, 0.29) is 28.7 Å². The number of aryl methyl sites for hydroxylation is 1. The maximum atomic E-state index is 11.1. The van der Waals surface area contributed by atoms with Gasteiger partial charge in [0, 0.05) is 36.5 Å². The van der Waals surface area contributed by atoms with E-state index in [1.165, 1.54) is 23.3 Å². The van der Waals surface area contributed by atoms with Gasteiger partial charge in [-0.15, -0.1) is 11.3 Å². The van der Waals surface area contributed by atoms with Crippen molar-refractivity contribution >= 4 is 51.6 Å². The van der Waals surface area contributed by atoms with Crippen molar-refractivity contribution in [2.45, 2.75) is 24.7 Å². The van der Waals surface area contributed by atoms with Crippen LogP contribution in [0.15, 0.2) is 15.7 Å². The molecule has 37 heavy (non-hydrogen) atoms. The number of allylic oxidation sites excluding steroid dienone is 1. The minimum Gasteiger partial charge on any atom is -0.467 e. The summed E-state index contributed by atoms with van der Waals surface area (Å²) in [5.41, 5.74) is 14.0. The molecule has 0 amide bonds. The van der Waals surface area contributed by atoms with Gasteiger partial charge in [0.25, 0.3) is 0 Å². The third kappa shape index (κ3) is 4.02. The molecule has 0 radical (unpaired) electrons. The van der Waals surface area contributed by atoms with Crippen molar-refractivity contribution in [3.8, 4) is 18.1 Å². The van der Waals surface area contributed by atoms with Gasteiger partial charge < -0.3 is 26.0 Å². The zero-order valence-electron chi connectivity index (χ0n) is 20.1. The van der Waals surface area contributed by atoms with Crippen molar-refractivity contribution in [2.24, 2.45) is 10.7 Å². The Balaban J connectivity index is 1.50. The molecule has 1 spiro atoms. The van der Waals surface area contributed by atoms with Crippen LogP contribution in [0.5, 0.6) is 6.01 Å². The zero-order chi connectivity index (χ0) is 26.3. The fourth-order valence-corrected chi connectivity index (χ4v) is 6.67. The number of halogens is 1. The van der Waals surface area contributed by atoms with Crippen LogP contribution in [0, 0.1) is 22.7 Å². The zero-order valence-corrected chi connectivity index (χ0v) is 21.7. The van der Waals surface area contributed by atoms with Crippen LogP contribution in [0.2, 0.25) is 0 Å². The largest absolute Gasteiger partial charge is 0.467 e. The van der Waals surface area contributed by atoms with Gasteiger partial charge in [0.05, 0.1) is 35.7 Å². The smallest absolute Gasteiger partial charge is 0.320 e. The molecule has 2 aliphatic heterocycles. The number of aliphatic imine (C=N–C) groups is 1. The van der Waals surface area contributed by atoms with E-state index in [9.17, 15) is 15.3 Å². The molecule has 4 N–H and O–H groups in total. The molecule has 0 aromatic carbocycles. The molecule has 11 nitrogen and oxygen atoms in total. The molecule has 5 rings (SSSR count). The maximum Gasteiger partial charge on any atom is 0.320 e. The number of hydrogen-bond acceptors (Lipinski definition) is 12. The van der Waals surface area contributed by atoms with Crippen LogP contribution in [-0.4, -0.2) is 61.8 Å². The number of aldehydes is 1. The first-order chi connectivity index (χ1) is 17.9. The molecule has 3 aliphatic rings. The molecule has 190 valence electrons. The summed E-state index contributed by atoms with van der Waals surface area (Å²) in [4.78, 5) is 29.8. The number of hydrogen-bond donors (Lipinski definition) is 2. The third-order valence-electron chi connectivity index (χ3n) is 7.08. The fraction of sp³-hybridized carbons (Fsp3) is 0.417. The summed E-state index contributed by atoms with van der Waals surface area (Å²) in [6.45, 7) is 2.48. The molecule has 2 aromatic rings. The Kier molecular flexibility index (Phi) is 6.40. The molecule has 4 heterocycles. The van der Waals surface area contributed by atoms with Crippen LogP contribution >= 0.6 is 22.9 Å². The summed E-state index contributed by atoms with van der Waals surface area (Å²) in [7, 11) is 1.48. The Labute approximate surface area is 222 Å². The minimum absolute atomic E-state index is 0.0895. The van der Waals surface area contributed by atoms with Gasteiger partial charge in [0.1, 0.15) is 22.7 Å². The number of fused-ring (bicyclic) bond motifs is 2. The van der Waals surface area contributed by atoms with Crippen LogP contribution in [0.1, 0.15) is 34.4 Å². The normalized spacial score (nSPS) is 18.6. The average Bonchev–Trinajstić information content (AvgIpc) is 3.29. The van der Waals surface area contributed by atoms with Crippen molar-refractivity contribution in [3.63, 3.8) is 0 Å². The Bertz CT molecular complexity index is 1430. The molecular weight excluding hydrogens is 514 g/mol. The van der Waals surface area contributed by atoms with E-state index >= 15 is 0 Å². The fourth-order valence-electron chi connectivity index (χ4n) is 5.36. The number of carbonyl (C=O) groups excluding carboxylic acids is 1. The molecule has 1 aliphatic carbocycles. The highest BCUT2D eigenvalue weighted by Gasteiger charge is 2.52. The van der Waals surface area contributed by atoms with Crippen LogP contribution in [-0.2, 0) is 16.6 Å². The lowest BCUT2D eigenvalue weighted by molar-refractivity contribution is -0.105. The average molecular weight is 538 g/mol. The second kappa shape index (κ2) is 9.54.